The normalized spacial score (nSPS) is 20.6. The molecule has 2 aliphatic rings. The summed E-state index contributed by atoms with van der Waals surface area (Å²) < 4.78 is 5.80. The van der Waals surface area contributed by atoms with E-state index < -0.39 is 0 Å². The van der Waals surface area contributed by atoms with Crippen molar-refractivity contribution in [3.05, 3.63) is 21.8 Å². The van der Waals surface area contributed by atoms with Gasteiger partial charge in [0.1, 0.15) is 0 Å². The number of guanidine groups is 1. The third-order valence-corrected chi connectivity index (χ3v) is 5.63. The molecule has 0 radical (unpaired) electrons. The molecule has 2 N–H and O–H groups in total. The zero-order chi connectivity index (χ0) is 13.9. The van der Waals surface area contributed by atoms with Crippen LogP contribution in [0.25, 0.3) is 0 Å². The predicted molar refractivity (Wildman–Crippen MR) is 95.2 cm³/mol. The Labute approximate surface area is 138 Å². The van der Waals surface area contributed by atoms with Crippen LogP contribution in [0.1, 0.15) is 39.0 Å². The Kier molecular flexibility index (Phi) is 4.75. The Morgan fingerprint density at radius 2 is 2.15 bits per heavy atom. The molecule has 1 aliphatic carbocycles. The van der Waals surface area contributed by atoms with Gasteiger partial charge in [0, 0.05) is 21.6 Å². The SMILES string of the molecule is CC(NC1=NSc2cc(I)ccc2N1)C1CCCCC1. The third-order valence-electron chi connectivity index (χ3n) is 4.15. The van der Waals surface area contributed by atoms with E-state index in [-0.39, 0.29) is 0 Å². The Balaban J connectivity index is 1.62. The number of hydrogen-bond acceptors (Lipinski definition) is 4. The van der Waals surface area contributed by atoms with E-state index in [0.717, 1.165) is 17.6 Å². The number of fused-ring (bicyclic) bond motifs is 1. The molecule has 1 aromatic carbocycles. The molecular formula is C15H20IN3S. The van der Waals surface area contributed by atoms with E-state index in [1.165, 1.54) is 40.6 Å². The standard InChI is InChI=1S/C15H20IN3S/c1-10(11-5-3-2-4-6-11)17-15-18-13-8-7-12(16)9-14(13)20-19-15/h7-11H,2-6H2,1H3,(H2,17,18,19). The molecule has 0 amide bonds. The highest BCUT2D eigenvalue weighted by molar-refractivity contribution is 14.1. The highest BCUT2D eigenvalue weighted by atomic mass is 127. The minimum atomic E-state index is 0.493. The van der Waals surface area contributed by atoms with Crippen LogP contribution in [-0.4, -0.2) is 12.0 Å². The summed E-state index contributed by atoms with van der Waals surface area (Å²) in [4.78, 5) is 1.20. The molecule has 0 spiro atoms. The van der Waals surface area contributed by atoms with Gasteiger partial charge < -0.3 is 10.6 Å². The third kappa shape index (κ3) is 3.42. The number of nitrogens with zero attached hydrogens (tertiary/aromatic N) is 1. The first-order valence-corrected chi connectivity index (χ1v) is 9.16. The fourth-order valence-electron chi connectivity index (χ4n) is 2.95. The van der Waals surface area contributed by atoms with Crippen LogP contribution in [0, 0.1) is 9.49 Å². The number of anilines is 1. The highest BCUT2D eigenvalue weighted by Gasteiger charge is 2.22. The summed E-state index contributed by atoms with van der Waals surface area (Å²) in [5.41, 5.74) is 1.16. The fourth-order valence-corrected chi connectivity index (χ4v) is 4.34. The van der Waals surface area contributed by atoms with Crippen LogP contribution in [-0.2, 0) is 0 Å². The van der Waals surface area contributed by atoms with E-state index in [1.54, 1.807) is 11.9 Å². The Morgan fingerprint density at radius 1 is 1.35 bits per heavy atom. The summed E-state index contributed by atoms with van der Waals surface area (Å²) in [5.74, 6) is 1.69. The minimum Gasteiger partial charge on any atom is -0.353 e. The maximum Gasteiger partial charge on any atom is 0.208 e. The largest absolute Gasteiger partial charge is 0.353 e. The first-order valence-electron chi connectivity index (χ1n) is 7.30. The lowest BCUT2D eigenvalue weighted by Gasteiger charge is -2.30. The molecule has 3 rings (SSSR count). The fraction of sp³-hybridized carbons (Fsp3) is 0.533. The number of nitrogens with one attached hydrogen (secondary N) is 2. The Bertz CT molecular complexity index is 512. The first-order chi connectivity index (χ1) is 9.72. The van der Waals surface area contributed by atoms with E-state index in [4.69, 9.17) is 0 Å². The van der Waals surface area contributed by atoms with Crippen molar-refractivity contribution in [1.29, 1.82) is 0 Å². The van der Waals surface area contributed by atoms with Crippen molar-refractivity contribution >= 4 is 46.2 Å². The molecule has 108 valence electrons. The van der Waals surface area contributed by atoms with Crippen molar-refractivity contribution in [2.75, 3.05) is 5.32 Å². The van der Waals surface area contributed by atoms with Gasteiger partial charge in [-0.3, -0.25) is 0 Å². The smallest absolute Gasteiger partial charge is 0.208 e. The quantitative estimate of drug-likeness (QED) is 0.560. The summed E-state index contributed by atoms with van der Waals surface area (Å²) >= 11 is 3.89. The van der Waals surface area contributed by atoms with Crippen LogP contribution in [0.15, 0.2) is 27.5 Å². The molecule has 1 heterocycles. The van der Waals surface area contributed by atoms with Gasteiger partial charge in [0.15, 0.2) is 0 Å². The van der Waals surface area contributed by atoms with Gasteiger partial charge in [-0.1, -0.05) is 19.3 Å². The van der Waals surface area contributed by atoms with Gasteiger partial charge in [-0.15, -0.1) is 0 Å². The molecule has 1 aliphatic heterocycles. The molecule has 0 saturated heterocycles. The molecule has 5 heteroatoms. The van der Waals surface area contributed by atoms with Crippen molar-refractivity contribution in [1.82, 2.24) is 5.32 Å². The van der Waals surface area contributed by atoms with E-state index in [9.17, 15) is 0 Å². The number of rotatable bonds is 2. The molecule has 1 aromatic rings. The van der Waals surface area contributed by atoms with Gasteiger partial charge in [-0.2, -0.15) is 4.40 Å². The van der Waals surface area contributed by atoms with Crippen LogP contribution in [0.3, 0.4) is 0 Å². The molecule has 1 unspecified atom stereocenters. The molecule has 20 heavy (non-hydrogen) atoms. The Morgan fingerprint density at radius 3 is 2.95 bits per heavy atom. The number of halogens is 1. The van der Waals surface area contributed by atoms with E-state index in [2.05, 4.69) is 62.7 Å². The van der Waals surface area contributed by atoms with Gasteiger partial charge in [-0.25, -0.2) is 0 Å². The second kappa shape index (κ2) is 6.56. The van der Waals surface area contributed by atoms with Gasteiger partial charge in [-0.05, 0) is 66.5 Å². The summed E-state index contributed by atoms with van der Waals surface area (Å²) in [5, 5.41) is 6.97. The zero-order valence-electron chi connectivity index (χ0n) is 11.7. The molecule has 0 aromatic heterocycles. The topological polar surface area (TPSA) is 36.4 Å². The molecule has 0 bridgehead atoms. The van der Waals surface area contributed by atoms with E-state index in [1.807, 2.05) is 0 Å². The minimum absolute atomic E-state index is 0.493. The van der Waals surface area contributed by atoms with Crippen molar-refractivity contribution in [3.8, 4) is 0 Å². The van der Waals surface area contributed by atoms with Gasteiger partial charge in [0.05, 0.1) is 10.6 Å². The summed E-state index contributed by atoms with van der Waals surface area (Å²) in [7, 11) is 0. The van der Waals surface area contributed by atoms with Crippen molar-refractivity contribution in [3.63, 3.8) is 0 Å². The Hall–Kier alpha value is -0.430. The summed E-state index contributed by atoms with van der Waals surface area (Å²) in [6.07, 6.45) is 6.87. The summed E-state index contributed by atoms with van der Waals surface area (Å²) in [6.45, 7) is 2.29. The molecule has 1 atom stereocenters. The molecular weight excluding hydrogens is 381 g/mol. The van der Waals surface area contributed by atoms with Crippen molar-refractivity contribution in [2.45, 2.75) is 50.0 Å². The number of hydrogen-bond donors (Lipinski definition) is 2. The van der Waals surface area contributed by atoms with Crippen LogP contribution in [0.5, 0.6) is 0 Å². The first kappa shape index (κ1) is 14.5. The lowest BCUT2D eigenvalue weighted by molar-refractivity contribution is 0.301. The predicted octanol–water partition coefficient (Wildman–Crippen LogP) is 4.64. The molecule has 3 nitrogen and oxygen atoms in total. The second-order valence-corrected chi connectivity index (χ2v) is 7.68. The average molecular weight is 401 g/mol. The van der Waals surface area contributed by atoms with Crippen LogP contribution in [0.2, 0.25) is 0 Å². The second-order valence-electron chi connectivity index (χ2n) is 5.63. The van der Waals surface area contributed by atoms with Gasteiger partial charge in [0.2, 0.25) is 5.96 Å². The van der Waals surface area contributed by atoms with Gasteiger partial charge in [0.25, 0.3) is 0 Å². The monoisotopic (exact) mass is 401 g/mol. The zero-order valence-corrected chi connectivity index (χ0v) is 14.6. The lowest BCUT2D eigenvalue weighted by atomic mass is 9.84. The van der Waals surface area contributed by atoms with Crippen LogP contribution >= 0.6 is 34.5 Å². The summed E-state index contributed by atoms with van der Waals surface area (Å²) in [6, 6.07) is 6.91. The van der Waals surface area contributed by atoms with Crippen molar-refractivity contribution < 1.29 is 0 Å². The number of benzene rings is 1. The lowest BCUT2D eigenvalue weighted by Crippen LogP contribution is -2.42. The highest BCUT2D eigenvalue weighted by Crippen LogP contribution is 2.33. The van der Waals surface area contributed by atoms with Crippen LogP contribution < -0.4 is 10.6 Å². The van der Waals surface area contributed by atoms with E-state index >= 15 is 0 Å². The maximum atomic E-state index is 4.55. The van der Waals surface area contributed by atoms with Crippen LogP contribution in [0.4, 0.5) is 5.69 Å². The van der Waals surface area contributed by atoms with Crippen molar-refractivity contribution in [2.24, 2.45) is 10.3 Å². The average Bonchev–Trinajstić information content (AvgIpc) is 2.48. The molecule has 1 saturated carbocycles. The molecule has 1 fully saturated rings. The van der Waals surface area contributed by atoms with E-state index in [0.29, 0.717) is 6.04 Å². The maximum absolute atomic E-state index is 4.55. The van der Waals surface area contributed by atoms with Gasteiger partial charge >= 0.3 is 0 Å².